The summed E-state index contributed by atoms with van der Waals surface area (Å²) < 4.78 is 11.0. The number of carbonyl (C=O) groups excluding carboxylic acids is 1. The summed E-state index contributed by atoms with van der Waals surface area (Å²) in [7, 11) is 0. The van der Waals surface area contributed by atoms with E-state index in [1.54, 1.807) is 18.3 Å². The smallest absolute Gasteiger partial charge is 0.330 e. The number of phenolic OH excluding ortho intramolecular Hbond substituents is 2. The number of aliphatic hydroxyl groups is 5. The van der Waals surface area contributed by atoms with Crippen molar-refractivity contribution in [1.82, 2.24) is 9.97 Å². The molecule has 15 heteroatoms. The Bertz CT molecular complexity index is 1590. The van der Waals surface area contributed by atoms with Crippen LogP contribution in [0.2, 0.25) is 0 Å². The number of imidazole rings is 1. The van der Waals surface area contributed by atoms with Crippen LogP contribution in [0, 0.1) is 0 Å². The van der Waals surface area contributed by atoms with Gasteiger partial charge in [0, 0.05) is 49.0 Å². The number of phenols is 2. The van der Waals surface area contributed by atoms with Crippen LogP contribution in [0.25, 0.3) is 6.08 Å². The fourth-order valence-corrected chi connectivity index (χ4v) is 5.82. The molecule has 6 atom stereocenters. The Kier molecular flexibility index (Phi) is 9.62. The number of aliphatic carboxylic acids is 1. The normalized spacial score (nSPS) is 25.9. The van der Waals surface area contributed by atoms with Gasteiger partial charge in [-0.1, -0.05) is 6.07 Å². The van der Waals surface area contributed by atoms with E-state index in [1.165, 1.54) is 36.7 Å². The zero-order chi connectivity index (χ0) is 33.2. The number of rotatable bonds is 11. The largest absolute Gasteiger partial charge is 0.508 e. The van der Waals surface area contributed by atoms with Gasteiger partial charge in [0.25, 0.3) is 5.91 Å². The van der Waals surface area contributed by atoms with Crippen molar-refractivity contribution < 1.29 is 59.9 Å². The van der Waals surface area contributed by atoms with E-state index in [9.17, 15) is 50.4 Å². The molecule has 46 heavy (non-hydrogen) atoms. The molecule has 5 rings (SSSR count). The minimum Gasteiger partial charge on any atom is -0.508 e. The summed E-state index contributed by atoms with van der Waals surface area (Å²) in [6.07, 6.45) is -2.36. The van der Waals surface area contributed by atoms with E-state index in [4.69, 9.17) is 9.47 Å². The number of amides is 1. The number of carboxylic acids is 1. The third-order valence-corrected chi connectivity index (χ3v) is 8.23. The number of ether oxygens (including phenoxy) is 2. The maximum absolute atomic E-state index is 13.9. The molecule has 6 unspecified atom stereocenters. The summed E-state index contributed by atoms with van der Waals surface area (Å²) in [5.41, 5.74) is 0.348. The first-order valence-corrected chi connectivity index (χ1v) is 14.5. The molecule has 0 aliphatic carbocycles. The minimum atomic E-state index is -1.85. The molecule has 246 valence electrons. The first-order valence-electron chi connectivity index (χ1n) is 14.5. The number of H-pyrrole nitrogens is 1. The van der Waals surface area contributed by atoms with Gasteiger partial charge in [0.2, 0.25) is 6.29 Å². The Morgan fingerprint density at radius 2 is 1.87 bits per heavy atom. The summed E-state index contributed by atoms with van der Waals surface area (Å²) in [6, 6.07) is 7.12. The van der Waals surface area contributed by atoms with E-state index in [0.29, 0.717) is 17.5 Å². The quantitative estimate of drug-likeness (QED) is 0.123. The number of nitrogens with one attached hydrogen (secondary N) is 1. The number of carboxylic acid groups (broad SMARTS) is 1. The Morgan fingerprint density at radius 3 is 2.54 bits per heavy atom. The lowest BCUT2D eigenvalue weighted by molar-refractivity contribution is -0.277. The van der Waals surface area contributed by atoms with Crippen molar-refractivity contribution in [3.05, 3.63) is 71.3 Å². The Labute approximate surface area is 262 Å². The number of aromatic hydroxyl groups is 2. The number of benzene rings is 2. The summed E-state index contributed by atoms with van der Waals surface area (Å²) in [6.45, 7) is -1.06. The van der Waals surface area contributed by atoms with Crippen LogP contribution in [0.1, 0.15) is 35.2 Å². The molecule has 0 bridgehead atoms. The fourth-order valence-electron chi connectivity index (χ4n) is 5.82. The Balaban J connectivity index is 1.49. The first-order chi connectivity index (χ1) is 22.0. The average molecular weight is 642 g/mol. The molecule has 1 amide bonds. The number of fused-ring (bicyclic) bond motifs is 1. The highest BCUT2D eigenvalue weighted by molar-refractivity contribution is 6.11. The molecule has 1 fully saturated rings. The van der Waals surface area contributed by atoms with Crippen LogP contribution in [-0.2, 0) is 27.2 Å². The predicted molar refractivity (Wildman–Crippen MR) is 159 cm³/mol. The molecule has 9 N–H and O–H groups in total. The molecule has 1 aromatic heterocycles. The molecule has 0 spiro atoms. The van der Waals surface area contributed by atoms with Crippen LogP contribution in [0.5, 0.6) is 17.2 Å². The van der Waals surface area contributed by atoms with Gasteiger partial charge in [-0.3, -0.25) is 9.69 Å². The van der Waals surface area contributed by atoms with Gasteiger partial charge in [-0.15, -0.1) is 0 Å². The highest BCUT2D eigenvalue weighted by Gasteiger charge is 2.52. The lowest BCUT2D eigenvalue weighted by Gasteiger charge is -2.39. The lowest BCUT2D eigenvalue weighted by Crippen LogP contribution is -2.60. The number of anilines is 1. The standard InChI is InChI=1S/C31H35N3O12/c35-7-1-6-31(30(43)44)12-18-10-22(38)23(45-29-28(42)27(41)26(40)24(14-36)46-29)11-20(18)34(31)25(39)5-3-16-2-4-21(37)17(8-16)9-19-13-32-15-33-19/h2-5,8,10-11,13,15,24,26-29,35-38,40-42H,1,6-7,9,12,14H2,(H,32,33)(H,43,44). The van der Waals surface area contributed by atoms with Crippen molar-refractivity contribution in [2.45, 2.75) is 61.9 Å². The van der Waals surface area contributed by atoms with Crippen LogP contribution in [0.3, 0.4) is 0 Å². The third-order valence-electron chi connectivity index (χ3n) is 8.23. The molecule has 2 aliphatic rings. The van der Waals surface area contributed by atoms with Crippen molar-refractivity contribution in [1.29, 1.82) is 0 Å². The molecule has 3 heterocycles. The number of aliphatic hydroxyl groups excluding tert-OH is 5. The molecule has 0 radical (unpaired) electrons. The number of hydrogen-bond acceptors (Lipinski definition) is 12. The Morgan fingerprint density at radius 1 is 1.09 bits per heavy atom. The second kappa shape index (κ2) is 13.5. The predicted octanol–water partition coefficient (Wildman–Crippen LogP) is -0.211. The maximum Gasteiger partial charge on any atom is 0.330 e. The van der Waals surface area contributed by atoms with Crippen molar-refractivity contribution in [2.24, 2.45) is 0 Å². The number of hydrogen-bond donors (Lipinski definition) is 9. The molecule has 0 saturated carbocycles. The topological polar surface area (TPSA) is 246 Å². The number of aromatic nitrogens is 2. The molecule has 2 aliphatic heterocycles. The van der Waals surface area contributed by atoms with Gasteiger partial charge in [-0.05, 0) is 48.2 Å². The molecule has 15 nitrogen and oxygen atoms in total. The van der Waals surface area contributed by atoms with E-state index >= 15 is 0 Å². The number of carbonyl (C=O) groups is 2. The number of aromatic amines is 1. The van der Waals surface area contributed by atoms with Crippen molar-refractivity contribution >= 4 is 23.6 Å². The van der Waals surface area contributed by atoms with E-state index < -0.39 is 60.5 Å². The van der Waals surface area contributed by atoms with Crippen molar-refractivity contribution in [2.75, 3.05) is 18.1 Å². The van der Waals surface area contributed by atoms with Gasteiger partial charge < -0.3 is 55.3 Å². The zero-order valence-corrected chi connectivity index (χ0v) is 24.4. The van der Waals surface area contributed by atoms with Gasteiger partial charge in [-0.2, -0.15) is 0 Å². The van der Waals surface area contributed by atoms with Gasteiger partial charge in [-0.25, -0.2) is 9.78 Å². The molecule has 2 aromatic carbocycles. The van der Waals surface area contributed by atoms with E-state index in [2.05, 4.69) is 9.97 Å². The number of nitrogens with zero attached hydrogens (tertiary/aromatic N) is 2. The minimum absolute atomic E-state index is 0.0344. The van der Waals surface area contributed by atoms with Crippen LogP contribution in [0.4, 0.5) is 5.69 Å². The third kappa shape index (κ3) is 6.28. The van der Waals surface area contributed by atoms with Crippen LogP contribution in [0.15, 0.2) is 48.9 Å². The molecule has 3 aromatic rings. The summed E-state index contributed by atoms with van der Waals surface area (Å²) in [5.74, 6) is -2.88. The van der Waals surface area contributed by atoms with Gasteiger partial charge in [0.1, 0.15) is 35.7 Å². The first kappa shape index (κ1) is 32.9. The summed E-state index contributed by atoms with van der Waals surface area (Å²) >= 11 is 0. The second-order valence-corrected chi connectivity index (χ2v) is 11.3. The monoisotopic (exact) mass is 641 g/mol. The molecular weight excluding hydrogens is 606 g/mol. The van der Waals surface area contributed by atoms with Crippen LogP contribution in [-0.4, -0.2) is 112 Å². The van der Waals surface area contributed by atoms with Crippen molar-refractivity contribution in [3.8, 4) is 17.2 Å². The van der Waals surface area contributed by atoms with Crippen LogP contribution < -0.4 is 9.64 Å². The molecule has 1 saturated heterocycles. The van der Waals surface area contributed by atoms with Gasteiger partial charge in [0.15, 0.2) is 11.5 Å². The van der Waals surface area contributed by atoms with E-state index in [-0.39, 0.29) is 48.6 Å². The molecular formula is C31H35N3O12. The highest BCUT2D eigenvalue weighted by atomic mass is 16.7. The van der Waals surface area contributed by atoms with Crippen LogP contribution >= 0.6 is 0 Å². The second-order valence-electron chi connectivity index (χ2n) is 11.3. The maximum atomic E-state index is 13.9. The lowest BCUT2D eigenvalue weighted by atomic mass is 9.88. The van der Waals surface area contributed by atoms with E-state index in [0.717, 1.165) is 10.6 Å². The Hall–Kier alpha value is -4.51. The average Bonchev–Trinajstić information content (AvgIpc) is 3.66. The van der Waals surface area contributed by atoms with Gasteiger partial charge in [0.05, 0.1) is 18.6 Å². The van der Waals surface area contributed by atoms with Crippen molar-refractivity contribution in [3.63, 3.8) is 0 Å². The van der Waals surface area contributed by atoms with E-state index in [1.807, 2.05) is 0 Å². The summed E-state index contributed by atoms with van der Waals surface area (Å²) in [4.78, 5) is 34.7. The summed E-state index contributed by atoms with van der Waals surface area (Å²) in [5, 5.41) is 81.3. The highest BCUT2D eigenvalue weighted by Crippen LogP contribution is 2.47. The zero-order valence-electron chi connectivity index (χ0n) is 24.4. The fraction of sp³-hybridized carbons (Fsp3) is 0.387. The SMILES string of the molecule is O=C(C=Cc1ccc(O)c(Cc2cnc[nH]2)c1)N1c2cc(OC3OC(CO)C(O)C(O)C3O)c(O)cc2CC1(CCCO)C(=O)O. The van der Waals surface area contributed by atoms with Gasteiger partial charge >= 0.3 is 5.97 Å².